The van der Waals surface area contributed by atoms with Gasteiger partial charge in [-0.25, -0.2) is 0 Å². The highest BCUT2D eigenvalue weighted by molar-refractivity contribution is 8.00. The predicted octanol–water partition coefficient (Wildman–Crippen LogP) is 4.36. The van der Waals surface area contributed by atoms with Crippen LogP contribution in [0.25, 0.3) is 5.69 Å². The molecule has 1 N–H and O–H groups in total. The zero-order chi connectivity index (χ0) is 19.4. The number of methoxy groups -OCH3 is 1. The van der Waals surface area contributed by atoms with Crippen LogP contribution in [0.15, 0.2) is 53.9 Å². The van der Waals surface area contributed by atoms with Crippen LogP contribution in [0.2, 0.25) is 5.02 Å². The van der Waals surface area contributed by atoms with Gasteiger partial charge in [-0.1, -0.05) is 35.5 Å². The molecule has 8 heteroatoms. The molecule has 0 bridgehead atoms. The van der Waals surface area contributed by atoms with E-state index in [4.69, 9.17) is 16.3 Å². The number of carbonyl (C=O) groups excluding carboxylic acids is 1. The molecule has 3 rings (SSSR count). The van der Waals surface area contributed by atoms with Gasteiger partial charge in [0.2, 0.25) is 5.91 Å². The number of ether oxygens (including phenoxy) is 1. The maximum Gasteiger partial charge on any atom is 0.237 e. The minimum absolute atomic E-state index is 0.134. The second-order valence-electron chi connectivity index (χ2n) is 5.90. The number of rotatable bonds is 6. The maximum atomic E-state index is 12.5. The van der Waals surface area contributed by atoms with Crippen LogP contribution in [0.3, 0.4) is 0 Å². The molecular weight excluding hydrogens is 384 g/mol. The van der Waals surface area contributed by atoms with Gasteiger partial charge in [-0.3, -0.25) is 9.36 Å². The summed E-state index contributed by atoms with van der Waals surface area (Å²) < 4.78 is 6.99. The van der Waals surface area contributed by atoms with Gasteiger partial charge in [0.15, 0.2) is 5.16 Å². The molecule has 1 heterocycles. The SMILES string of the molecule is COc1cccc(NC(=O)C(C)Sc2nncn2-c2ccc(C)c(Cl)c2)c1. The van der Waals surface area contributed by atoms with Crippen molar-refractivity contribution in [2.24, 2.45) is 0 Å². The van der Waals surface area contributed by atoms with Crippen molar-refractivity contribution >= 4 is 35.0 Å². The van der Waals surface area contributed by atoms with E-state index < -0.39 is 0 Å². The number of aryl methyl sites for hydroxylation is 1. The van der Waals surface area contributed by atoms with E-state index in [-0.39, 0.29) is 11.2 Å². The summed E-state index contributed by atoms with van der Waals surface area (Å²) in [6.45, 7) is 3.76. The molecule has 1 atom stereocenters. The standard InChI is InChI=1S/C19H19ClN4O2S/c1-12-7-8-15(10-17(12)20)24-11-21-23-19(24)27-13(2)18(25)22-14-5-4-6-16(9-14)26-3/h4-11,13H,1-3H3,(H,22,25). The molecule has 0 fully saturated rings. The quantitative estimate of drug-likeness (QED) is 0.620. The number of amides is 1. The van der Waals surface area contributed by atoms with E-state index in [1.54, 1.807) is 19.5 Å². The third-order valence-corrected chi connectivity index (χ3v) is 5.40. The van der Waals surface area contributed by atoms with Crippen LogP contribution in [0, 0.1) is 6.92 Å². The monoisotopic (exact) mass is 402 g/mol. The van der Waals surface area contributed by atoms with E-state index in [0.717, 1.165) is 11.3 Å². The van der Waals surface area contributed by atoms with Gasteiger partial charge in [0.05, 0.1) is 18.0 Å². The van der Waals surface area contributed by atoms with Crippen LogP contribution in [-0.2, 0) is 4.79 Å². The summed E-state index contributed by atoms with van der Waals surface area (Å²) in [6.07, 6.45) is 1.61. The van der Waals surface area contributed by atoms with E-state index in [1.165, 1.54) is 11.8 Å². The fourth-order valence-electron chi connectivity index (χ4n) is 2.37. The highest BCUT2D eigenvalue weighted by Gasteiger charge is 2.19. The number of nitrogens with zero attached hydrogens (tertiary/aromatic N) is 3. The molecule has 0 aliphatic heterocycles. The summed E-state index contributed by atoms with van der Waals surface area (Å²) in [6, 6.07) is 13.0. The van der Waals surface area contributed by atoms with E-state index >= 15 is 0 Å². The Morgan fingerprint density at radius 1 is 1.30 bits per heavy atom. The number of hydrogen-bond donors (Lipinski definition) is 1. The average Bonchev–Trinajstić information content (AvgIpc) is 3.12. The Balaban J connectivity index is 1.72. The zero-order valence-electron chi connectivity index (χ0n) is 15.1. The fraction of sp³-hybridized carbons (Fsp3) is 0.211. The van der Waals surface area contributed by atoms with E-state index in [2.05, 4.69) is 15.5 Å². The number of benzene rings is 2. The van der Waals surface area contributed by atoms with Crippen molar-refractivity contribution in [3.05, 3.63) is 59.4 Å². The maximum absolute atomic E-state index is 12.5. The van der Waals surface area contributed by atoms with Crippen molar-refractivity contribution in [2.45, 2.75) is 24.3 Å². The number of hydrogen-bond acceptors (Lipinski definition) is 5. The summed E-state index contributed by atoms with van der Waals surface area (Å²) in [5, 5.41) is 11.9. The summed E-state index contributed by atoms with van der Waals surface area (Å²) in [5.41, 5.74) is 2.52. The second-order valence-corrected chi connectivity index (χ2v) is 7.61. The first-order valence-corrected chi connectivity index (χ1v) is 9.52. The molecule has 6 nitrogen and oxygen atoms in total. The number of nitrogens with one attached hydrogen (secondary N) is 1. The first kappa shape index (κ1) is 19.3. The largest absolute Gasteiger partial charge is 0.497 e. The molecule has 0 aliphatic rings. The normalized spacial score (nSPS) is 11.9. The molecule has 0 spiro atoms. The number of carbonyl (C=O) groups is 1. The molecule has 0 aliphatic carbocycles. The van der Waals surface area contributed by atoms with Gasteiger partial charge in [0.1, 0.15) is 12.1 Å². The van der Waals surface area contributed by atoms with Crippen molar-refractivity contribution in [1.29, 1.82) is 0 Å². The molecule has 3 aromatic rings. The van der Waals surface area contributed by atoms with Gasteiger partial charge < -0.3 is 10.1 Å². The van der Waals surface area contributed by atoms with Crippen LogP contribution >= 0.6 is 23.4 Å². The highest BCUT2D eigenvalue weighted by Crippen LogP contribution is 2.27. The molecule has 1 aromatic heterocycles. The Morgan fingerprint density at radius 2 is 2.11 bits per heavy atom. The lowest BCUT2D eigenvalue weighted by molar-refractivity contribution is -0.115. The Morgan fingerprint density at radius 3 is 2.85 bits per heavy atom. The van der Waals surface area contributed by atoms with Crippen molar-refractivity contribution in [3.63, 3.8) is 0 Å². The van der Waals surface area contributed by atoms with E-state index in [1.807, 2.05) is 54.8 Å². The second kappa shape index (κ2) is 8.45. The Hall–Kier alpha value is -2.51. The Kier molecular flexibility index (Phi) is 6.03. The first-order chi connectivity index (χ1) is 13.0. The minimum Gasteiger partial charge on any atom is -0.497 e. The van der Waals surface area contributed by atoms with E-state index in [0.29, 0.717) is 21.6 Å². The lowest BCUT2D eigenvalue weighted by Crippen LogP contribution is -2.22. The smallest absolute Gasteiger partial charge is 0.237 e. The number of halogens is 1. The summed E-state index contributed by atoms with van der Waals surface area (Å²) in [7, 11) is 1.59. The van der Waals surface area contributed by atoms with Gasteiger partial charge in [-0.05, 0) is 43.7 Å². The van der Waals surface area contributed by atoms with Crippen molar-refractivity contribution in [2.75, 3.05) is 12.4 Å². The fourth-order valence-corrected chi connectivity index (χ4v) is 3.39. The summed E-state index contributed by atoms with van der Waals surface area (Å²) in [5.74, 6) is 0.550. The molecular formula is C19H19ClN4O2S. The van der Waals surface area contributed by atoms with Crippen LogP contribution in [0.5, 0.6) is 5.75 Å². The zero-order valence-corrected chi connectivity index (χ0v) is 16.7. The third-order valence-electron chi connectivity index (χ3n) is 3.94. The van der Waals surface area contributed by atoms with Crippen LogP contribution in [-0.4, -0.2) is 33.0 Å². The molecule has 0 saturated heterocycles. The molecule has 2 aromatic carbocycles. The third kappa shape index (κ3) is 4.61. The topological polar surface area (TPSA) is 69.0 Å². The van der Waals surface area contributed by atoms with Crippen LogP contribution in [0.4, 0.5) is 5.69 Å². The molecule has 1 unspecified atom stereocenters. The Labute approximate surface area is 166 Å². The molecule has 27 heavy (non-hydrogen) atoms. The number of aromatic nitrogens is 3. The number of thioether (sulfide) groups is 1. The van der Waals surface area contributed by atoms with Crippen LogP contribution < -0.4 is 10.1 Å². The van der Waals surface area contributed by atoms with E-state index in [9.17, 15) is 4.79 Å². The van der Waals surface area contributed by atoms with Crippen molar-refractivity contribution in [1.82, 2.24) is 14.8 Å². The van der Waals surface area contributed by atoms with Gasteiger partial charge in [0, 0.05) is 16.8 Å². The van der Waals surface area contributed by atoms with Crippen LogP contribution in [0.1, 0.15) is 12.5 Å². The molecule has 140 valence electrons. The first-order valence-electron chi connectivity index (χ1n) is 8.26. The molecule has 1 amide bonds. The van der Waals surface area contributed by atoms with Gasteiger partial charge in [0.25, 0.3) is 0 Å². The molecule has 0 saturated carbocycles. The van der Waals surface area contributed by atoms with Gasteiger partial charge in [-0.15, -0.1) is 10.2 Å². The van der Waals surface area contributed by atoms with Crippen molar-refractivity contribution in [3.8, 4) is 11.4 Å². The average molecular weight is 403 g/mol. The number of anilines is 1. The predicted molar refractivity (Wildman–Crippen MR) is 108 cm³/mol. The van der Waals surface area contributed by atoms with Crippen molar-refractivity contribution < 1.29 is 9.53 Å². The molecule has 0 radical (unpaired) electrons. The van der Waals surface area contributed by atoms with Gasteiger partial charge >= 0.3 is 0 Å². The lowest BCUT2D eigenvalue weighted by Gasteiger charge is -2.13. The highest BCUT2D eigenvalue weighted by atomic mass is 35.5. The summed E-state index contributed by atoms with van der Waals surface area (Å²) >= 11 is 7.54. The lowest BCUT2D eigenvalue weighted by atomic mass is 10.2. The van der Waals surface area contributed by atoms with Gasteiger partial charge in [-0.2, -0.15) is 0 Å². The Bertz CT molecular complexity index is 960. The summed E-state index contributed by atoms with van der Waals surface area (Å²) in [4.78, 5) is 12.5. The minimum atomic E-state index is -0.375.